The number of rotatable bonds is 3. The number of nitrogen functional groups attached to an aromatic ring is 1. The van der Waals surface area contributed by atoms with Gasteiger partial charge in [0.15, 0.2) is 0 Å². The van der Waals surface area contributed by atoms with Crippen LogP contribution in [0.15, 0.2) is 48.5 Å². The summed E-state index contributed by atoms with van der Waals surface area (Å²) in [6.07, 6.45) is 0. The van der Waals surface area contributed by atoms with Crippen molar-refractivity contribution >= 4 is 49.7 Å². The predicted molar refractivity (Wildman–Crippen MR) is 102 cm³/mol. The summed E-state index contributed by atoms with van der Waals surface area (Å²) >= 11 is 1.22. The number of hydrogen-bond donors (Lipinski definition) is 2. The van der Waals surface area contributed by atoms with Gasteiger partial charge < -0.3 is 15.8 Å². The minimum atomic E-state index is -0.365. The summed E-state index contributed by atoms with van der Waals surface area (Å²) in [6.45, 7) is 0. The summed E-state index contributed by atoms with van der Waals surface area (Å²) in [6, 6.07) is 13.1. The van der Waals surface area contributed by atoms with Gasteiger partial charge in [0.1, 0.15) is 21.3 Å². The van der Waals surface area contributed by atoms with Crippen LogP contribution in [0.5, 0.6) is 5.75 Å². The van der Waals surface area contributed by atoms with E-state index in [1.165, 1.54) is 35.6 Å². The lowest BCUT2D eigenvalue weighted by molar-refractivity contribution is 0.103. The van der Waals surface area contributed by atoms with Crippen molar-refractivity contribution in [2.24, 2.45) is 0 Å². The fourth-order valence-corrected chi connectivity index (χ4v) is 3.67. The van der Waals surface area contributed by atoms with Crippen LogP contribution in [0.1, 0.15) is 9.67 Å². The highest BCUT2D eigenvalue weighted by atomic mass is 32.1. The molecule has 0 atom stereocenters. The van der Waals surface area contributed by atoms with Crippen molar-refractivity contribution in [2.45, 2.75) is 0 Å². The van der Waals surface area contributed by atoms with Crippen LogP contribution in [0.3, 0.4) is 0 Å². The fraction of sp³-hybridized carbons (Fsp3) is 0.0526. The number of pyridine rings is 1. The Balaban J connectivity index is 1.75. The zero-order valence-corrected chi connectivity index (χ0v) is 14.6. The van der Waals surface area contributed by atoms with Crippen molar-refractivity contribution in [3.63, 3.8) is 0 Å². The lowest BCUT2D eigenvalue weighted by Crippen LogP contribution is -2.11. The first-order chi connectivity index (χ1) is 12.5. The summed E-state index contributed by atoms with van der Waals surface area (Å²) in [4.78, 5) is 18.2. The standard InChI is InChI=1S/C19H14FN3O2S/c1-25-13-7-2-10-8-14-16(21)17(26-19(14)23-15(10)9-13)18(24)22-12-5-3-11(20)4-6-12/h2-9H,21H2,1H3,(H,22,24). The van der Waals surface area contributed by atoms with Crippen LogP contribution in [-0.4, -0.2) is 18.0 Å². The summed E-state index contributed by atoms with van der Waals surface area (Å²) < 4.78 is 18.2. The Bertz CT molecular complexity index is 1140. The second kappa shape index (κ2) is 6.27. The topological polar surface area (TPSA) is 77.2 Å². The maximum atomic E-state index is 13.0. The Labute approximate surface area is 152 Å². The predicted octanol–water partition coefficient (Wildman–Crippen LogP) is 4.43. The average molecular weight is 367 g/mol. The molecule has 0 spiro atoms. The van der Waals surface area contributed by atoms with Crippen molar-refractivity contribution in [1.82, 2.24) is 4.98 Å². The van der Waals surface area contributed by atoms with Crippen LogP contribution < -0.4 is 15.8 Å². The Kier molecular flexibility index (Phi) is 3.93. The highest BCUT2D eigenvalue weighted by molar-refractivity contribution is 7.21. The number of ether oxygens (including phenoxy) is 1. The number of anilines is 2. The molecule has 1 amide bonds. The van der Waals surface area contributed by atoms with E-state index in [0.29, 0.717) is 26.8 Å². The van der Waals surface area contributed by atoms with Gasteiger partial charge in [0.05, 0.1) is 18.3 Å². The van der Waals surface area contributed by atoms with E-state index in [1.807, 2.05) is 24.3 Å². The van der Waals surface area contributed by atoms with Gasteiger partial charge >= 0.3 is 0 Å². The van der Waals surface area contributed by atoms with E-state index >= 15 is 0 Å². The number of thiophene rings is 1. The number of carbonyl (C=O) groups is 1. The highest BCUT2D eigenvalue weighted by Gasteiger charge is 2.18. The molecule has 7 heteroatoms. The second-order valence-corrected chi connectivity index (χ2v) is 6.70. The van der Waals surface area contributed by atoms with Gasteiger partial charge in [0.25, 0.3) is 5.91 Å². The molecule has 0 aliphatic carbocycles. The molecule has 0 unspecified atom stereocenters. The molecule has 2 heterocycles. The molecule has 0 radical (unpaired) electrons. The zero-order chi connectivity index (χ0) is 18.3. The third-order valence-electron chi connectivity index (χ3n) is 4.03. The van der Waals surface area contributed by atoms with Gasteiger partial charge in [-0.1, -0.05) is 0 Å². The number of methoxy groups -OCH3 is 1. The number of nitrogens with one attached hydrogen (secondary N) is 1. The van der Waals surface area contributed by atoms with Gasteiger partial charge in [-0.05, 0) is 42.5 Å². The molecule has 26 heavy (non-hydrogen) atoms. The molecule has 0 saturated carbocycles. The average Bonchev–Trinajstić information content (AvgIpc) is 2.97. The molecule has 130 valence electrons. The van der Waals surface area contributed by atoms with E-state index in [-0.39, 0.29) is 11.7 Å². The lowest BCUT2D eigenvalue weighted by atomic mass is 10.1. The Hall–Kier alpha value is -3.19. The fourth-order valence-electron chi connectivity index (χ4n) is 2.69. The molecular formula is C19H14FN3O2S. The second-order valence-electron chi connectivity index (χ2n) is 5.71. The number of hydrogen-bond acceptors (Lipinski definition) is 5. The number of amides is 1. The molecule has 3 N–H and O–H groups in total. The van der Waals surface area contributed by atoms with Crippen molar-refractivity contribution in [3.8, 4) is 5.75 Å². The quantitative estimate of drug-likeness (QED) is 0.561. The first kappa shape index (κ1) is 16.3. The van der Waals surface area contributed by atoms with Gasteiger partial charge in [-0.3, -0.25) is 4.79 Å². The zero-order valence-electron chi connectivity index (χ0n) is 13.7. The Morgan fingerprint density at radius 1 is 1.19 bits per heavy atom. The highest BCUT2D eigenvalue weighted by Crippen LogP contribution is 2.35. The van der Waals surface area contributed by atoms with E-state index in [4.69, 9.17) is 10.5 Å². The minimum absolute atomic E-state index is 0.348. The van der Waals surface area contributed by atoms with Gasteiger partial charge in [-0.2, -0.15) is 0 Å². The SMILES string of the molecule is COc1ccc2cc3c(N)c(C(=O)Nc4ccc(F)cc4)sc3nc2c1. The Morgan fingerprint density at radius 3 is 2.69 bits per heavy atom. The normalized spacial score (nSPS) is 11.0. The van der Waals surface area contributed by atoms with Crippen LogP contribution in [0, 0.1) is 5.82 Å². The molecule has 0 saturated heterocycles. The largest absolute Gasteiger partial charge is 0.497 e. The first-order valence-corrected chi connectivity index (χ1v) is 8.60. The molecule has 4 aromatic rings. The van der Waals surface area contributed by atoms with E-state index in [1.54, 1.807) is 7.11 Å². The third-order valence-corrected chi connectivity index (χ3v) is 5.15. The summed E-state index contributed by atoms with van der Waals surface area (Å²) in [5.41, 5.74) is 7.84. The van der Waals surface area contributed by atoms with Crippen molar-refractivity contribution in [2.75, 3.05) is 18.2 Å². The maximum Gasteiger partial charge on any atom is 0.267 e. The molecule has 2 aromatic heterocycles. The van der Waals surface area contributed by atoms with Crippen molar-refractivity contribution in [3.05, 3.63) is 59.2 Å². The van der Waals surface area contributed by atoms with E-state index in [9.17, 15) is 9.18 Å². The van der Waals surface area contributed by atoms with Crippen molar-refractivity contribution < 1.29 is 13.9 Å². The molecule has 0 aliphatic heterocycles. The first-order valence-electron chi connectivity index (χ1n) is 7.79. The molecular weight excluding hydrogens is 353 g/mol. The van der Waals surface area contributed by atoms with Crippen LogP contribution in [-0.2, 0) is 0 Å². The Morgan fingerprint density at radius 2 is 1.96 bits per heavy atom. The van der Waals surface area contributed by atoms with E-state index < -0.39 is 0 Å². The minimum Gasteiger partial charge on any atom is -0.497 e. The van der Waals surface area contributed by atoms with E-state index in [2.05, 4.69) is 10.3 Å². The van der Waals surface area contributed by atoms with Crippen molar-refractivity contribution in [1.29, 1.82) is 0 Å². The summed E-state index contributed by atoms with van der Waals surface area (Å²) in [7, 11) is 1.60. The molecule has 0 bridgehead atoms. The van der Waals surface area contributed by atoms with Crippen LogP contribution in [0.25, 0.3) is 21.1 Å². The van der Waals surface area contributed by atoms with Gasteiger partial charge in [-0.15, -0.1) is 11.3 Å². The molecule has 4 rings (SSSR count). The van der Waals surface area contributed by atoms with Crippen LogP contribution in [0.2, 0.25) is 0 Å². The summed E-state index contributed by atoms with van der Waals surface area (Å²) in [5, 5.41) is 4.37. The van der Waals surface area contributed by atoms with E-state index in [0.717, 1.165) is 16.3 Å². The number of nitrogens with zero attached hydrogens (tertiary/aromatic N) is 1. The number of halogens is 1. The third kappa shape index (κ3) is 2.82. The lowest BCUT2D eigenvalue weighted by Gasteiger charge is -2.04. The maximum absolute atomic E-state index is 13.0. The smallest absolute Gasteiger partial charge is 0.267 e. The molecule has 2 aromatic carbocycles. The van der Waals surface area contributed by atoms with Crippen LogP contribution in [0.4, 0.5) is 15.8 Å². The number of nitrogens with two attached hydrogens (primary N) is 1. The number of carbonyl (C=O) groups excluding carboxylic acids is 1. The number of fused-ring (bicyclic) bond motifs is 2. The summed E-state index contributed by atoms with van der Waals surface area (Å²) in [5.74, 6) is -0.00223. The monoisotopic (exact) mass is 367 g/mol. The van der Waals surface area contributed by atoms with Gasteiger partial charge in [0, 0.05) is 22.5 Å². The molecule has 5 nitrogen and oxygen atoms in total. The van der Waals surface area contributed by atoms with Gasteiger partial charge in [-0.25, -0.2) is 9.37 Å². The van der Waals surface area contributed by atoms with Gasteiger partial charge in [0.2, 0.25) is 0 Å². The molecule has 0 aliphatic rings. The molecule has 0 fully saturated rings. The number of aromatic nitrogens is 1. The number of benzene rings is 2. The van der Waals surface area contributed by atoms with Crippen LogP contribution >= 0.6 is 11.3 Å².